The second-order valence-corrected chi connectivity index (χ2v) is 10.4. The maximum atomic E-state index is 13.5. The number of hydrogen-bond acceptors (Lipinski definition) is 5. The number of anilines is 1. The van der Waals surface area contributed by atoms with Gasteiger partial charge in [-0.2, -0.15) is 0 Å². The van der Waals surface area contributed by atoms with Crippen molar-refractivity contribution < 1.29 is 14.3 Å². The van der Waals surface area contributed by atoms with E-state index in [1.807, 2.05) is 39.2 Å². The van der Waals surface area contributed by atoms with E-state index in [9.17, 15) is 9.59 Å². The van der Waals surface area contributed by atoms with Crippen molar-refractivity contribution >= 4 is 50.7 Å². The zero-order valence-electron chi connectivity index (χ0n) is 20.2. The van der Waals surface area contributed by atoms with E-state index in [2.05, 4.69) is 4.98 Å². The van der Waals surface area contributed by atoms with Crippen LogP contribution < -0.4 is 9.64 Å². The summed E-state index contributed by atoms with van der Waals surface area (Å²) in [6, 6.07) is 12.8. The molecule has 1 amide bonds. The average molecular weight is 522 g/mol. The molecule has 0 N–H and O–H groups in total. The second-order valence-electron chi connectivity index (χ2n) is 9.08. The highest BCUT2D eigenvalue weighted by Crippen LogP contribution is 2.31. The van der Waals surface area contributed by atoms with Crippen LogP contribution in [0.15, 0.2) is 60.2 Å². The molecule has 2 aromatic heterocycles. The number of rotatable bonds is 8. The van der Waals surface area contributed by atoms with E-state index in [-0.39, 0.29) is 17.7 Å². The van der Waals surface area contributed by atoms with Crippen LogP contribution in [0, 0.1) is 0 Å². The molecule has 186 valence electrons. The van der Waals surface area contributed by atoms with Crippen molar-refractivity contribution in [2.45, 2.75) is 51.1 Å². The van der Waals surface area contributed by atoms with E-state index >= 15 is 0 Å². The molecule has 2 heterocycles. The van der Waals surface area contributed by atoms with E-state index in [1.54, 1.807) is 37.6 Å². The van der Waals surface area contributed by atoms with Gasteiger partial charge in [-0.05, 0) is 49.2 Å². The second kappa shape index (κ2) is 10.8. The molecule has 6 nitrogen and oxygen atoms in total. The first-order valence-electron chi connectivity index (χ1n) is 12.2. The first kappa shape index (κ1) is 24.5. The Bertz CT molecular complexity index is 1360. The minimum Gasteiger partial charge on any atom is -0.497 e. The maximum Gasteiger partial charge on any atom is 0.230 e. The molecule has 0 aliphatic heterocycles. The van der Waals surface area contributed by atoms with Gasteiger partial charge in [-0.25, -0.2) is 4.98 Å². The molecule has 1 aliphatic rings. The number of ether oxygens (including phenoxy) is 1. The third kappa shape index (κ3) is 5.04. The number of nitrogens with zero attached hydrogens (tertiary/aromatic N) is 3. The summed E-state index contributed by atoms with van der Waals surface area (Å²) in [5, 5.41) is 4.09. The minimum absolute atomic E-state index is 0.0622. The molecule has 1 aliphatic carbocycles. The number of benzene rings is 2. The molecule has 4 aromatic rings. The number of amides is 1. The summed E-state index contributed by atoms with van der Waals surface area (Å²) >= 11 is 7.52. The molecule has 0 spiro atoms. The van der Waals surface area contributed by atoms with Gasteiger partial charge in [0.1, 0.15) is 5.75 Å². The zero-order chi connectivity index (χ0) is 25.1. The zero-order valence-corrected chi connectivity index (χ0v) is 21.7. The van der Waals surface area contributed by atoms with Gasteiger partial charge in [0.2, 0.25) is 5.91 Å². The van der Waals surface area contributed by atoms with Gasteiger partial charge >= 0.3 is 0 Å². The Morgan fingerprint density at radius 3 is 2.61 bits per heavy atom. The van der Waals surface area contributed by atoms with Gasteiger partial charge in [0, 0.05) is 64.4 Å². The van der Waals surface area contributed by atoms with Crippen LogP contribution in [0.4, 0.5) is 5.13 Å². The van der Waals surface area contributed by atoms with Gasteiger partial charge in [-0.1, -0.05) is 30.9 Å². The van der Waals surface area contributed by atoms with Crippen LogP contribution in [0.1, 0.15) is 54.4 Å². The monoisotopic (exact) mass is 521 g/mol. The summed E-state index contributed by atoms with van der Waals surface area (Å²) in [6.45, 7) is 0.449. The number of aryl methyl sites for hydroxylation is 1. The Labute approximate surface area is 219 Å². The Kier molecular flexibility index (Phi) is 7.39. The van der Waals surface area contributed by atoms with E-state index in [1.165, 1.54) is 17.8 Å². The van der Waals surface area contributed by atoms with Gasteiger partial charge in [0.15, 0.2) is 10.9 Å². The first-order chi connectivity index (χ1) is 17.5. The smallest absolute Gasteiger partial charge is 0.230 e. The van der Waals surface area contributed by atoms with Gasteiger partial charge in [0.05, 0.1) is 12.6 Å². The number of carbonyl (C=O) groups excluding carboxylic acids is 2. The van der Waals surface area contributed by atoms with E-state index in [0.717, 1.165) is 41.7 Å². The van der Waals surface area contributed by atoms with E-state index < -0.39 is 0 Å². The lowest BCUT2D eigenvalue weighted by atomic mass is 9.94. The Hall–Kier alpha value is -3.16. The number of methoxy groups -OCH3 is 1. The molecule has 0 bridgehead atoms. The van der Waals surface area contributed by atoms with Crippen molar-refractivity contribution in [2.75, 3.05) is 12.0 Å². The minimum atomic E-state index is -0.0847. The molecule has 36 heavy (non-hydrogen) atoms. The number of ketones is 1. The summed E-state index contributed by atoms with van der Waals surface area (Å²) in [4.78, 5) is 33.3. The van der Waals surface area contributed by atoms with Crippen LogP contribution in [0.3, 0.4) is 0 Å². The van der Waals surface area contributed by atoms with Crippen molar-refractivity contribution in [2.24, 2.45) is 0 Å². The van der Waals surface area contributed by atoms with Crippen LogP contribution in [-0.2, 0) is 11.3 Å². The number of carbonyl (C=O) groups is 2. The highest BCUT2D eigenvalue weighted by Gasteiger charge is 2.28. The molecule has 1 saturated carbocycles. The van der Waals surface area contributed by atoms with Crippen molar-refractivity contribution in [3.05, 3.63) is 76.4 Å². The summed E-state index contributed by atoms with van der Waals surface area (Å²) in [5.41, 5.74) is 2.02. The number of aromatic nitrogens is 2. The molecule has 0 atom stereocenters. The number of hydrogen-bond donors (Lipinski definition) is 0. The normalized spacial score (nSPS) is 14.2. The van der Waals surface area contributed by atoms with Gasteiger partial charge in [-0.15, -0.1) is 11.3 Å². The molecule has 0 unspecified atom stereocenters. The molecule has 5 rings (SSSR count). The largest absolute Gasteiger partial charge is 0.497 e. The molecule has 0 radical (unpaired) electrons. The summed E-state index contributed by atoms with van der Waals surface area (Å²) in [6.07, 6.45) is 9.43. The predicted octanol–water partition coefficient (Wildman–Crippen LogP) is 6.75. The van der Waals surface area contributed by atoms with Crippen LogP contribution in [0.2, 0.25) is 5.02 Å². The molecule has 8 heteroatoms. The molecule has 2 aromatic carbocycles. The van der Waals surface area contributed by atoms with Crippen molar-refractivity contribution in [1.29, 1.82) is 0 Å². The van der Waals surface area contributed by atoms with Gasteiger partial charge in [0.25, 0.3) is 0 Å². The van der Waals surface area contributed by atoms with Gasteiger partial charge in [-0.3, -0.25) is 14.5 Å². The Morgan fingerprint density at radius 2 is 1.92 bits per heavy atom. The number of thiazole rings is 1. The topological polar surface area (TPSA) is 64.4 Å². The molecular weight excluding hydrogens is 494 g/mol. The van der Waals surface area contributed by atoms with Crippen molar-refractivity contribution in [1.82, 2.24) is 9.55 Å². The van der Waals surface area contributed by atoms with Gasteiger partial charge < -0.3 is 9.30 Å². The van der Waals surface area contributed by atoms with Crippen LogP contribution >= 0.6 is 22.9 Å². The first-order valence-corrected chi connectivity index (χ1v) is 13.5. The lowest BCUT2D eigenvalue weighted by Gasteiger charge is -2.32. The predicted molar refractivity (Wildman–Crippen MR) is 144 cm³/mol. The fraction of sp³-hybridized carbons (Fsp3) is 0.321. The highest BCUT2D eigenvalue weighted by molar-refractivity contribution is 7.13. The third-order valence-electron chi connectivity index (χ3n) is 6.84. The number of fused-ring (bicyclic) bond motifs is 1. The molecule has 1 fully saturated rings. The summed E-state index contributed by atoms with van der Waals surface area (Å²) < 4.78 is 7.43. The maximum absolute atomic E-state index is 13.5. The fourth-order valence-electron chi connectivity index (χ4n) is 5.00. The SMILES string of the molecule is COc1ccc2c(C(=O)c3ccc(Cl)cc3)cn(CCC(=O)N(c3nccs3)C3CCCCC3)c2c1. The number of halogens is 1. The fourth-order valence-corrected chi connectivity index (χ4v) is 5.85. The lowest BCUT2D eigenvalue weighted by molar-refractivity contribution is -0.119. The Morgan fingerprint density at radius 1 is 1.14 bits per heavy atom. The summed E-state index contributed by atoms with van der Waals surface area (Å²) in [7, 11) is 1.62. The quantitative estimate of drug-likeness (QED) is 0.241. The Balaban J connectivity index is 1.44. The van der Waals surface area contributed by atoms with Crippen LogP contribution in [0.5, 0.6) is 5.75 Å². The van der Waals surface area contributed by atoms with E-state index in [0.29, 0.717) is 34.9 Å². The lowest BCUT2D eigenvalue weighted by Crippen LogP contribution is -2.42. The molecule has 0 saturated heterocycles. The summed E-state index contributed by atoms with van der Waals surface area (Å²) in [5.74, 6) is 0.677. The standard InChI is InChI=1S/C28H28ClN3O3S/c1-35-22-11-12-23-24(27(34)19-7-9-20(29)10-8-19)18-31(25(23)17-22)15-13-26(33)32(28-30-14-16-36-28)21-5-3-2-4-6-21/h7-12,14,16-18,21H,2-6,13,15H2,1H3. The highest BCUT2D eigenvalue weighted by atomic mass is 35.5. The van der Waals surface area contributed by atoms with E-state index in [4.69, 9.17) is 16.3 Å². The van der Waals surface area contributed by atoms with Crippen molar-refractivity contribution in [3.63, 3.8) is 0 Å². The van der Waals surface area contributed by atoms with Crippen molar-refractivity contribution in [3.8, 4) is 5.75 Å². The van der Waals surface area contributed by atoms with Crippen LogP contribution in [-0.4, -0.2) is 34.4 Å². The molecular formula is C28H28ClN3O3S. The average Bonchev–Trinajstić information content (AvgIpc) is 3.56. The third-order valence-corrected chi connectivity index (χ3v) is 7.86. The van der Waals surface area contributed by atoms with Crippen LogP contribution in [0.25, 0.3) is 10.9 Å².